The number of benzene rings is 9. The maximum atomic E-state index is 2.50. The van der Waals surface area contributed by atoms with Crippen LogP contribution in [0.15, 0.2) is 200 Å². The Bertz CT molecular complexity index is 2890. The molecule has 0 bridgehead atoms. The van der Waals surface area contributed by atoms with Crippen LogP contribution in [-0.2, 0) is 0 Å². The summed E-state index contributed by atoms with van der Waals surface area (Å²) in [5, 5.41) is 0. The molecule has 5 heteroatoms. The first-order valence-electron chi connectivity index (χ1n) is 22.7. The fraction of sp³-hybridized carbons (Fsp3) is 0.100. The molecule has 314 valence electrons. The van der Waals surface area contributed by atoms with Gasteiger partial charge in [0.15, 0.2) is 0 Å². The molecule has 0 aliphatic carbocycles. The van der Waals surface area contributed by atoms with Crippen molar-refractivity contribution < 1.29 is 0 Å². The minimum Gasteiger partial charge on any atom is -0.311 e. The molecule has 0 radical (unpaired) electrons. The smallest absolute Gasteiger partial charge is 0.252 e. The topological polar surface area (TPSA) is 13.0 Å². The molecule has 0 atom stereocenters. The number of hydrogen-bond donors (Lipinski definition) is 0. The van der Waals surface area contributed by atoms with Gasteiger partial charge in [0.25, 0.3) is 6.71 Å². The van der Waals surface area contributed by atoms with Crippen molar-refractivity contribution in [1.29, 1.82) is 0 Å². The van der Waals surface area contributed by atoms with Crippen LogP contribution >= 0.6 is 0 Å². The molecule has 2 aliphatic heterocycles. The van der Waals surface area contributed by atoms with E-state index < -0.39 is 0 Å². The van der Waals surface area contributed by atoms with Gasteiger partial charge in [0.05, 0.1) is 0 Å². The Labute approximate surface area is 384 Å². The molecule has 0 unspecified atom stereocenters. The van der Waals surface area contributed by atoms with Crippen LogP contribution in [0.5, 0.6) is 0 Å². The highest BCUT2D eigenvalue weighted by Crippen LogP contribution is 2.47. The summed E-state index contributed by atoms with van der Waals surface area (Å²) in [6, 6.07) is 74.7. The summed E-state index contributed by atoms with van der Waals surface area (Å²) >= 11 is 0. The van der Waals surface area contributed by atoms with Crippen molar-refractivity contribution in [2.24, 2.45) is 0 Å². The van der Waals surface area contributed by atoms with Gasteiger partial charge in [0.1, 0.15) is 0 Å². The van der Waals surface area contributed by atoms with Crippen molar-refractivity contribution in [1.82, 2.24) is 0 Å². The van der Waals surface area contributed by atoms with E-state index in [9.17, 15) is 0 Å². The number of nitrogens with zero attached hydrogens (tertiary/aromatic N) is 4. The lowest BCUT2D eigenvalue weighted by Gasteiger charge is -2.44. The van der Waals surface area contributed by atoms with Crippen molar-refractivity contribution in [3.05, 3.63) is 234 Å². The number of anilines is 12. The monoisotopic (exact) mass is 838 g/mol. The zero-order chi connectivity index (χ0) is 44.3. The molecule has 0 amide bonds. The minimum atomic E-state index is -0.0305. The third kappa shape index (κ3) is 7.14. The van der Waals surface area contributed by atoms with Crippen LogP contribution in [0, 0.1) is 41.5 Å². The van der Waals surface area contributed by atoms with E-state index in [4.69, 9.17) is 0 Å². The molecule has 0 N–H and O–H groups in total. The van der Waals surface area contributed by atoms with Gasteiger partial charge in [-0.25, -0.2) is 0 Å². The Morgan fingerprint density at radius 2 is 0.569 bits per heavy atom. The van der Waals surface area contributed by atoms with Crippen molar-refractivity contribution in [2.45, 2.75) is 41.5 Å². The van der Waals surface area contributed by atoms with Gasteiger partial charge in [-0.2, -0.15) is 0 Å². The number of aryl methyl sites for hydroxylation is 6. The molecule has 11 rings (SSSR count). The largest absolute Gasteiger partial charge is 0.311 e. The normalized spacial score (nSPS) is 12.4. The third-order valence-electron chi connectivity index (χ3n) is 13.2. The second-order valence-electron chi connectivity index (χ2n) is 18.0. The predicted molar refractivity (Wildman–Crippen MR) is 278 cm³/mol. The van der Waals surface area contributed by atoms with Crippen LogP contribution in [0.25, 0.3) is 0 Å². The van der Waals surface area contributed by atoms with Gasteiger partial charge in [-0.3, -0.25) is 0 Å². The molecule has 65 heavy (non-hydrogen) atoms. The Kier molecular flexibility index (Phi) is 9.92. The van der Waals surface area contributed by atoms with Gasteiger partial charge in [-0.15, -0.1) is 0 Å². The zero-order valence-electron chi connectivity index (χ0n) is 37.9. The molecule has 0 spiro atoms. The van der Waals surface area contributed by atoms with Crippen LogP contribution in [0.2, 0.25) is 0 Å². The standard InChI is InChI=1S/C60H51BN4/c1-40-10-22-46(23-11-40)62(47-24-12-41(2)13-25-47)52-34-36-54-58(38-52)64(50-30-18-44(5)19-31-50)56-8-7-9-57-60(56)61(54)55-37-35-53(39-59(55)65(57)51-32-20-45(6)21-33-51)63(48-26-14-42(3)15-27-48)49-28-16-43(4)17-29-49/h7-39H,1-6H3. The molecule has 4 nitrogen and oxygen atoms in total. The Morgan fingerprint density at radius 3 is 0.877 bits per heavy atom. The molecule has 9 aromatic carbocycles. The first-order chi connectivity index (χ1) is 31.7. The summed E-state index contributed by atoms with van der Waals surface area (Å²) in [7, 11) is 0. The lowest BCUT2D eigenvalue weighted by Crippen LogP contribution is -2.61. The minimum absolute atomic E-state index is 0.0305. The summed E-state index contributed by atoms with van der Waals surface area (Å²) in [6.45, 7) is 12.9. The van der Waals surface area contributed by atoms with Gasteiger partial charge >= 0.3 is 0 Å². The Hall–Kier alpha value is -7.76. The number of fused-ring (bicyclic) bond motifs is 4. The van der Waals surface area contributed by atoms with Crippen LogP contribution < -0.4 is 36.0 Å². The molecule has 2 aliphatic rings. The lowest BCUT2D eigenvalue weighted by atomic mass is 9.33. The fourth-order valence-corrected chi connectivity index (χ4v) is 9.80. The number of hydrogen-bond acceptors (Lipinski definition) is 4. The highest BCUT2D eigenvalue weighted by molar-refractivity contribution is 7.00. The highest BCUT2D eigenvalue weighted by atomic mass is 15.2. The summed E-state index contributed by atoms with van der Waals surface area (Å²) < 4.78 is 0. The number of rotatable bonds is 8. The maximum Gasteiger partial charge on any atom is 0.252 e. The molecule has 0 saturated heterocycles. The molecular formula is C60H51BN4. The van der Waals surface area contributed by atoms with Crippen LogP contribution in [0.4, 0.5) is 68.2 Å². The van der Waals surface area contributed by atoms with Gasteiger partial charge in [0, 0.05) is 68.2 Å². The van der Waals surface area contributed by atoms with Gasteiger partial charge in [0.2, 0.25) is 0 Å². The van der Waals surface area contributed by atoms with Crippen LogP contribution in [0.1, 0.15) is 33.4 Å². The van der Waals surface area contributed by atoms with Gasteiger partial charge in [-0.05, 0) is 167 Å². The molecule has 0 saturated carbocycles. The quantitative estimate of drug-likeness (QED) is 0.141. The predicted octanol–water partition coefficient (Wildman–Crippen LogP) is 14.6. The summed E-state index contributed by atoms with van der Waals surface area (Å²) in [6.07, 6.45) is 0. The Balaban J connectivity index is 1.16. The summed E-state index contributed by atoms with van der Waals surface area (Å²) in [5.74, 6) is 0. The van der Waals surface area contributed by atoms with E-state index in [-0.39, 0.29) is 6.71 Å². The first kappa shape index (κ1) is 40.0. The van der Waals surface area contributed by atoms with E-state index >= 15 is 0 Å². The molecule has 0 fully saturated rings. The highest BCUT2D eigenvalue weighted by Gasteiger charge is 2.43. The van der Waals surface area contributed by atoms with Crippen molar-refractivity contribution in [3.8, 4) is 0 Å². The lowest BCUT2D eigenvalue weighted by molar-refractivity contribution is 1.22. The summed E-state index contributed by atoms with van der Waals surface area (Å²) in [4.78, 5) is 9.78. The van der Waals surface area contributed by atoms with Crippen molar-refractivity contribution >= 4 is 91.3 Å². The van der Waals surface area contributed by atoms with Crippen LogP contribution in [-0.4, -0.2) is 6.71 Å². The Morgan fingerprint density at radius 1 is 0.292 bits per heavy atom. The van der Waals surface area contributed by atoms with Crippen LogP contribution in [0.3, 0.4) is 0 Å². The van der Waals surface area contributed by atoms with Crippen molar-refractivity contribution in [2.75, 3.05) is 19.6 Å². The second-order valence-corrected chi connectivity index (χ2v) is 18.0. The molecule has 9 aromatic rings. The maximum absolute atomic E-state index is 2.50. The van der Waals surface area contributed by atoms with E-state index in [1.165, 1.54) is 72.5 Å². The first-order valence-corrected chi connectivity index (χ1v) is 22.7. The van der Waals surface area contributed by atoms with E-state index in [0.29, 0.717) is 0 Å². The second kappa shape index (κ2) is 16.1. The van der Waals surface area contributed by atoms with E-state index in [0.717, 1.165) is 45.5 Å². The SMILES string of the molecule is Cc1ccc(N(c2ccc(C)cc2)c2ccc3c(c2)N(c2ccc(C)cc2)c2cccc4c2B3c2ccc(N(c3ccc(C)cc3)c3ccc(C)cc3)cc2N4c2ccc(C)cc2)cc1. The van der Waals surface area contributed by atoms with Crippen molar-refractivity contribution in [3.63, 3.8) is 0 Å². The van der Waals surface area contributed by atoms with E-state index in [1.807, 2.05) is 0 Å². The average molecular weight is 839 g/mol. The third-order valence-corrected chi connectivity index (χ3v) is 13.2. The fourth-order valence-electron chi connectivity index (χ4n) is 9.80. The van der Waals surface area contributed by atoms with Gasteiger partial charge in [-0.1, -0.05) is 124 Å². The average Bonchev–Trinajstić information content (AvgIpc) is 3.32. The zero-order valence-corrected chi connectivity index (χ0v) is 37.9. The molecular weight excluding hydrogens is 787 g/mol. The van der Waals surface area contributed by atoms with Gasteiger partial charge < -0.3 is 19.6 Å². The van der Waals surface area contributed by atoms with E-state index in [2.05, 4.69) is 261 Å². The molecule has 0 aromatic heterocycles. The summed E-state index contributed by atoms with van der Waals surface area (Å²) in [5.41, 5.74) is 24.9. The molecule has 2 heterocycles. The van der Waals surface area contributed by atoms with E-state index in [1.54, 1.807) is 0 Å².